The molecule has 1 aliphatic carbocycles. The minimum absolute atomic E-state index is 0.752. The number of fused-ring (bicyclic) bond motifs is 1. The molecule has 5 heteroatoms. The Kier molecular flexibility index (Phi) is 4.29. The maximum Gasteiger partial charge on any atom is 0.235 e. The summed E-state index contributed by atoms with van der Waals surface area (Å²) in [4.78, 5) is 13.7. The van der Waals surface area contributed by atoms with Crippen molar-refractivity contribution in [1.29, 1.82) is 0 Å². The van der Waals surface area contributed by atoms with Crippen LogP contribution in [-0.4, -0.2) is 26.1 Å². The molecule has 0 atom stereocenters. The predicted molar refractivity (Wildman–Crippen MR) is 82.5 cm³/mol. The number of imidazole rings is 1. The van der Waals surface area contributed by atoms with Gasteiger partial charge in [-0.25, -0.2) is 15.0 Å². The van der Waals surface area contributed by atoms with Crippen LogP contribution in [0.5, 0.6) is 0 Å². The highest BCUT2D eigenvalue weighted by atomic mass is 15.2. The van der Waals surface area contributed by atoms with Gasteiger partial charge in [-0.1, -0.05) is 6.92 Å². The minimum atomic E-state index is 0.752. The number of nitrogens with one attached hydrogen (secondary N) is 1. The zero-order valence-corrected chi connectivity index (χ0v) is 12.9. The molecule has 21 heavy (non-hydrogen) atoms. The highest BCUT2D eigenvalue weighted by Gasteiger charge is 2.17. The van der Waals surface area contributed by atoms with Gasteiger partial charge in [0.05, 0.1) is 5.69 Å². The van der Waals surface area contributed by atoms with Crippen LogP contribution in [0, 0.1) is 6.92 Å². The summed E-state index contributed by atoms with van der Waals surface area (Å²) in [5, 5.41) is 3.40. The van der Waals surface area contributed by atoms with E-state index in [2.05, 4.69) is 38.7 Å². The van der Waals surface area contributed by atoms with Gasteiger partial charge < -0.3 is 5.32 Å². The monoisotopic (exact) mass is 285 g/mol. The number of rotatable bonds is 5. The third-order valence-corrected chi connectivity index (χ3v) is 4.06. The molecule has 0 spiro atoms. The summed E-state index contributed by atoms with van der Waals surface area (Å²) < 4.78 is 2.06. The summed E-state index contributed by atoms with van der Waals surface area (Å²) >= 11 is 0. The van der Waals surface area contributed by atoms with Gasteiger partial charge in [-0.15, -0.1) is 0 Å². The Morgan fingerprint density at radius 1 is 1.24 bits per heavy atom. The van der Waals surface area contributed by atoms with Gasteiger partial charge in [0.2, 0.25) is 5.95 Å². The smallest absolute Gasteiger partial charge is 0.235 e. The van der Waals surface area contributed by atoms with Crippen LogP contribution < -0.4 is 5.32 Å². The second-order valence-electron chi connectivity index (χ2n) is 5.67. The molecule has 0 amide bonds. The Labute approximate surface area is 125 Å². The summed E-state index contributed by atoms with van der Waals surface area (Å²) in [6, 6.07) is 0. The Bertz CT molecular complexity index is 617. The van der Waals surface area contributed by atoms with Crippen LogP contribution in [0.25, 0.3) is 5.95 Å². The molecule has 0 saturated carbocycles. The first-order valence-corrected chi connectivity index (χ1v) is 7.88. The van der Waals surface area contributed by atoms with E-state index in [1.54, 1.807) is 0 Å². The maximum absolute atomic E-state index is 4.67. The molecule has 2 aromatic rings. The lowest BCUT2D eigenvalue weighted by Crippen LogP contribution is -2.16. The first-order valence-electron chi connectivity index (χ1n) is 7.88. The molecule has 0 unspecified atom stereocenters. The topological polar surface area (TPSA) is 55.6 Å². The molecule has 0 fully saturated rings. The lowest BCUT2D eigenvalue weighted by Gasteiger charge is -2.14. The van der Waals surface area contributed by atoms with Gasteiger partial charge in [0.15, 0.2) is 0 Å². The molecule has 0 bridgehead atoms. The van der Waals surface area contributed by atoms with E-state index in [0.29, 0.717) is 0 Å². The highest BCUT2D eigenvalue weighted by Crippen LogP contribution is 2.21. The number of aryl methyl sites for hydroxylation is 2. The SMILES string of the molecule is CCCNCc1cnc(-n2cnc3c2CCCC3)nc1C. The Balaban J connectivity index is 1.83. The van der Waals surface area contributed by atoms with E-state index in [1.165, 1.54) is 29.8 Å². The molecule has 0 saturated heterocycles. The van der Waals surface area contributed by atoms with Crippen molar-refractivity contribution in [2.24, 2.45) is 0 Å². The van der Waals surface area contributed by atoms with Crippen LogP contribution in [0.15, 0.2) is 12.5 Å². The number of hydrogen-bond acceptors (Lipinski definition) is 4. The van der Waals surface area contributed by atoms with Crippen molar-refractivity contribution < 1.29 is 0 Å². The summed E-state index contributed by atoms with van der Waals surface area (Å²) in [6.07, 6.45) is 9.59. The fourth-order valence-corrected chi connectivity index (χ4v) is 2.81. The molecule has 0 aliphatic heterocycles. The van der Waals surface area contributed by atoms with Crippen LogP contribution in [0.1, 0.15) is 48.8 Å². The maximum atomic E-state index is 4.67. The van der Waals surface area contributed by atoms with Crippen LogP contribution >= 0.6 is 0 Å². The highest BCUT2D eigenvalue weighted by molar-refractivity contribution is 5.28. The van der Waals surface area contributed by atoms with Gasteiger partial charge in [-0.3, -0.25) is 4.57 Å². The van der Waals surface area contributed by atoms with Gasteiger partial charge in [0, 0.05) is 29.7 Å². The van der Waals surface area contributed by atoms with E-state index in [4.69, 9.17) is 0 Å². The van der Waals surface area contributed by atoms with Gasteiger partial charge in [0.25, 0.3) is 0 Å². The summed E-state index contributed by atoms with van der Waals surface area (Å²) in [5.74, 6) is 0.752. The summed E-state index contributed by atoms with van der Waals surface area (Å²) in [6.45, 7) is 6.08. The third kappa shape index (κ3) is 2.97. The lowest BCUT2D eigenvalue weighted by atomic mass is 10.0. The molecule has 1 aliphatic rings. The average molecular weight is 285 g/mol. The molecule has 2 heterocycles. The summed E-state index contributed by atoms with van der Waals surface area (Å²) in [7, 11) is 0. The van der Waals surface area contributed by atoms with E-state index in [0.717, 1.165) is 44.0 Å². The van der Waals surface area contributed by atoms with Crippen LogP contribution in [0.2, 0.25) is 0 Å². The van der Waals surface area contributed by atoms with Crippen molar-refractivity contribution in [3.63, 3.8) is 0 Å². The normalized spacial score (nSPS) is 14.2. The first kappa shape index (κ1) is 14.2. The van der Waals surface area contributed by atoms with Crippen molar-refractivity contribution in [2.45, 2.75) is 52.5 Å². The van der Waals surface area contributed by atoms with Crippen molar-refractivity contribution in [2.75, 3.05) is 6.54 Å². The molecule has 112 valence electrons. The van der Waals surface area contributed by atoms with Crippen molar-refractivity contribution in [3.8, 4) is 5.95 Å². The quantitative estimate of drug-likeness (QED) is 0.857. The van der Waals surface area contributed by atoms with Crippen molar-refractivity contribution in [1.82, 2.24) is 24.8 Å². The molecular formula is C16H23N5. The molecule has 2 aromatic heterocycles. The standard InChI is InChI=1S/C16H23N5/c1-3-8-17-9-13-10-18-16(20-12(13)2)21-11-19-14-6-4-5-7-15(14)21/h10-11,17H,3-9H2,1-2H3. The average Bonchev–Trinajstić information content (AvgIpc) is 2.93. The third-order valence-electron chi connectivity index (χ3n) is 4.06. The second-order valence-corrected chi connectivity index (χ2v) is 5.67. The molecule has 3 rings (SSSR count). The molecule has 0 aromatic carbocycles. The molecule has 0 radical (unpaired) electrons. The van der Waals surface area contributed by atoms with E-state index < -0.39 is 0 Å². The minimum Gasteiger partial charge on any atom is -0.313 e. The zero-order chi connectivity index (χ0) is 14.7. The van der Waals surface area contributed by atoms with Crippen molar-refractivity contribution >= 4 is 0 Å². The molecule has 1 N–H and O–H groups in total. The second kappa shape index (κ2) is 6.35. The Morgan fingerprint density at radius 2 is 2.10 bits per heavy atom. The summed E-state index contributed by atoms with van der Waals surface area (Å²) in [5.41, 5.74) is 4.72. The molecular weight excluding hydrogens is 262 g/mol. The zero-order valence-electron chi connectivity index (χ0n) is 12.9. The van der Waals surface area contributed by atoms with E-state index in [9.17, 15) is 0 Å². The predicted octanol–water partition coefficient (Wildman–Crippen LogP) is 2.35. The Hall–Kier alpha value is -1.75. The van der Waals surface area contributed by atoms with Gasteiger partial charge in [-0.2, -0.15) is 0 Å². The number of hydrogen-bond donors (Lipinski definition) is 1. The Morgan fingerprint density at radius 3 is 2.90 bits per heavy atom. The van der Waals surface area contributed by atoms with E-state index in [1.807, 2.05) is 12.5 Å². The van der Waals surface area contributed by atoms with Gasteiger partial charge in [0.1, 0.15) is 6.33 Å². The molecule has 5 nitrogen and oxygen atoms in total. The first-order chi connectivity index (χ1) is 10.3. The van der Waals surface area contributed by atoms with E-state index >= 15 is 0 Å². The fourth-order valence-electron chi connectivity index (χ4n) is 2.81. The van der Waals surface area contributed by atoms with Crippen molar-refractivity contribution in [3.05, 3.63) is 35.2 Å². The lowest BCUT2D eigenvalue weighted by molar-refractivity contribution is 0.648. The van der Waals surface area contributed by atoms with Crippen LogP contribution in [0.4, 0.5) is 0 Å². The van der Waals surface area contributed by atoms with Gasteiger partial charge in [-0.05, 0) is 45.6 Å². The van der Waals surface area contributed by atoms with E-state index in [-0.39, 0.29) is 0 Å². The number of nitrogens with zero attached hydrogens (tertiary/aromatic N) is 4. The van der Waals surface area contributed by atoms with Crippen LogP contribution in [0.3, 0.4) is 0 Å². The largest absolute Gasteiger partial charge is 0.313 e. The fraction of sp³-hybridized carbons (Fsp3) is 0.562. The van der Waals surface area contributed by atoms with Crippen LogP contribution in [-0.2, 0) is 19.4 Å². The van der Waals surface area contributed by atoms with Gasteiger partial charge >= 0.3 is 0 Å². The number of aromatic nitrogens is 4.